The molecule has 8 atom stereocenters. The Labute approximate surface area is 347 Å². The third kappa shape index (κ3) is 9.40. The molecule has 7 rings (SSSR count). The number of aliphatic hydroxyl groups excluding tert-OH is 1. The van der Waals surface area contributed by atoms with E-state index >= 15 is 0 Å². The minimum Gasteiger partial charge on any atom is -0.483 e. The first-order chi connectivity index (χ1) is 28.8. The highest BCUT2D eigenvalue weighted by atomic mass is 16.6. The molecule has 17 heteroatoms. The molecular formula is C43H53N5O12. The predicted molar refractivity (Wildman–Crippen MR) is 211 cm³/mol. The molecule has 3 saturated heterocycles. The Morgan fingerprint density at radius 2 is 1.73 bits per heavy atom. The number of cyclic esters (lactones) is 1. The first-order valence-electron chi connectivity index (χ1n) is 21.0. The van der Waals surface area contributed by atoms with E-state index in [1.54, 1.807) is 4.90 Å². The van der Waals surface area contributed by atoms with Crippen LogP contribution in [0.2, 0.25) is 0 Å². The Bertz CT molecular complexity index is 1970. The molecule has 17 nitrogen and oxygen atoms in total. The normalized spacial score (nSPS) is 29.2. The Balaban J connectivity index is 0.829. The number of piperidine rings is 2. The van der Waals surface area contributed by atoms with E-state index < -0.39 is 48.5 Å². The number of carbonyl (C=O) groups is 8. The number of nitrogens with zero attached hydrogens (tertiary/aromatic N) is 2. The van der Waals surface area contributed by atoms with Crippen molar-refractivity contribution in [2.75, 3.05) is 32.8 Å². The van der Waals surface area contributed by atoms with Crippen molar-refractivity contribution in [2.24, 2.45) is 29.6 Å². The highest BCUT2D eigenvalue weighted by Crippen LogP contribution is 2.45. The summed E-state index contributed by atoms with van der Waals surface area (Å²) in [6, 6.07) is 3.30. The molecule has 4 N–H and O–H groups in total. The summed E-state index contributed by atoms with van der Waals surface area (Å²) in [6.45, 7) is 4.78. The molecule has 0 radical (unpaired) electrons. The lowest BCUT2D eigenvalue weighted by Gasteiger charge is -2.43. The number of carbonyl (C=O) groups excluding carboxylic acids is 8. The van der Waals surface area contributed by atoms with Crippen LogP contribution in [0, 0.1) is 29.6 Å². The van der Waals surface area contributed by atoms with Gasteiger partial charge in [0.25, 0.3) is 17.7 Å². The zero-order valence-electron chi connectivity index (χ0n) is 33.9. The van der Waals surface area contributed by atoms with E-state index in [1.165, 1.54) is 18.2 Å². The van der Waals surface area contributed by atoms with Gasteiger partial charge in [-0.15, -0.1) is 0 Å². The van der Waals surface area contributed by atoms with Gasteiger partial charge in [-0.3, -0.25) is 43.8 Å². The highest BCUT2D eigenvalue weighted by molar-refractivity contribution is 6.24. The monoisotopic (exact) mass is 831 g/mol. The number of aliphatic hydroxyl groups is 1. The first-order valence-corrected chi connectivity index (χ1v) is 21.0. The average Bonchev–Trinajstić information content (AvgIpc) is 3.46. The van der Waals surface area contributed by atoms with Crippen molar-refractivity contribution in [3.05, 3.63) is 53.1 Å². The zero-order valence-corrected chi connectivity index (χ0v) is 33.9. The number of hydrogen-bond acceptors (Lipinski definition) is 12. The largest absolute Gasteiger partial charge is 0.483 e. The number of benzene rings is 1. The molecule has 1 aromatic carbocycles. The van der Waals surface area contributed by atoms with Gasteiger partial charge in [0.05, 0.1) is 23.7 Å². The minimum absolute atomic E-state index is 0.00849. The molecule has 0 aromatic heterocycles. The standard InChI is InChI=1S/C43H53N5O12/c1-23-18-26-7-6-24(2)29(9-8-28-20-27(49)21-36(52)59-28)37(26)33(19-23)60-43(57)45-15-14-44-39(53)25-12-16-47(17-13-25)35(51)22-58-32-5-3-4-30-38(32)42(56)48(41(30)55)31-10-11-34(50)46-40(31)54/h3-7,18,23-25,27-29,31,33,37,49H,8-17,19-22H2,1-2H3,(H,44,53)(H,45,57)(H,46,50,54)/t23-,24-,27+,28+,29-,31?,33-,37-/m0/s1. The van der Waals surface area contributed by atoms with Crippen molar-refractivity contribution in [1.29, 1.82) is 0 Å². The molecule has 0 bridgehead atoms. The van der Waals surface area contributed by atoms with E-state index in [2.05, 4.69) is 48.0 Å². The van der Waals surface area contributed by atoms with Crippen LogP contribution in [0.4, 0.5) is 4.79 Å². The molecule has 322 valence electrons. The van der Waals surface area contributed by atoms with Crippen molar-refractivity contribution in [2.45, 2.75) is 96.0 Å². The van der Waals surface area contributed by atoms with Gasteiger partial charge in [-0.25, -0.2) is 4.79 Å². The number of nitrogens with one attached hydrogen (secondary N) is 3. The number of hydrogen-bond donors (Lipinski definition) is 4. The summed E-state index contributed by atoms with van der Waals surface area (Å²) in [5, 5.41) is 17.9. The Hall–Kier alpha value is -5.58. The molecule has 2 aliphatic carbocycles. The summed E-state index contributed by atoms with van der Waals surface area (Å²) in [4.78, 5) is 104. The number of ether oxygens (including phenoxy) is 3. The topological polar surface area (TPSA) is 227 Å². The maximum Gasteiger partial charge on any atom is 0.407 e. The number of esters is 1. The fourth-order valence-corrected chi connectivity index (χ4v) is 9.54. The van der Waals surface area contributed by atoms with Crippen LogP contribution in [0.5, 0.6) is 5.75 Å². The van der Waals surface area contributed by atoms with Crippen molar-refractivity contribution in [3.8, 4) is 5.75 Å². The highest BCUT2D eigenvalue weighted by Gasteiger charge is 2.46. The van der Waals surface area contributed by atoms with Gasteiger partial charge < -0.3 is 34.9 Å². The second-order valence-corrected chi connectivity index (χ2v) is 16.8. The quantitative estimate of drug-likeness (QED) is 0.135. The van der Waals surface area contributed by atoms with E-state index in [4.69, 9.17) is 14.2 Å². The molecule has 4 aliphatic heterocycles. The number of allylic oxidation sites excluding steroid dienone is 3. The second kappa shape index (κ2) is 18.4. The number of rotatable bonds is 12. The molecule has 3 fully saturated rings. The van der Waals surface area contributed by atoms with Gasteiger partial charge in [0.1, 0.15) is 24.0 Å². The maximum absolute atomic E-state index is 13.3. The zero-order chi connectivity index (χ0) is 42.7. The average molecular weight is 832 g/mol. The van der Waals surface area contributed by atoms with Crippen LogP contribution in [-0.2, 0) is 33.4 Å². The van der Waals surface area contributed by atoms with E-state index in [1.807, 2.05) is 0 Å². The van der Waals surface area contributed by atoms with Gasteiger partial charge >= 0.3 is 12.1 Å². The van der Waals surface area contributed by atoms with Crippen molar-refractivity contribution < 1.29 is 57.7 Å². The third-order valence-corrected chi connectivity index (χ3v) is 12.6. The number of fused-ring (bicyclic) bond motifs is 2. The summed E-state index contributed by atoms with van der Waals surface area (Å²) < 4.78 is 17.3. The van der Waals surface area contributed by atoms with Crippen LogP contribution >= 0.6 is 0 Å². The predicted octanol–water partition coefficient (Wildman–Crippen LogP) is 2.17. The molecule has 4 heterocycles. The number of imide groups is 2. The van der Waals surface area contributed by atoms with Gasteiger partial charge in [0, 0.05) is 50.9 Å². The summed E-state index contributed by atoms with van der Waals surface area (Å²) in [7, 11) is 0. The summed E-state index contributed by atoms with van der Waals surface area (Å²) in [6.07, 6.45) is 7.88. The number of alkyl carbamates (subject to hydrolysis) is 1. The lowest BCUT2D eigenvalue weighted by molar-refractivity contribution is -0.160. The summed E-state index contributed by atoms with van der Waals surface area (Å²) in [5.41, 5.74) is 1.14. The van der Waals surface area contributed by atoms with Crippen LogP contribution in [-0.4, -0.2) is 120 Å². The van der Waals surface area contributed by atoms with Gasteiger partial charge in [0.2, 0.25) is 17.7 Å². The Kier molecular flexibility index (Phi) is 13.0. The van der Waals surface area contributed by atoms with E-state index in [0.717, 1.165) is 16.9 Å². The fraction of sp³-hybridized carbons (Fsp3) is 0.581. The molecule has 7 amide bonds. The van der Waals surface area contributed by atoms with Crippen molar-refractivity contribution >= 4 is 47.5 Å². The van der Waals surface area contributed by atoms with Crippen LogP contribution in [0.1, 0.15) is 92.4 Å². The van der Waals surface area contributed by atoms with Crippen molar-refractivity contribution in [1.82, 2.24) is 25.8 Å². The molecule has 1 unspecified atom stereocenters. The molecule has 6 aliphatic rings. The molecule has 0 saturated carbocycles. The second-order valence-electron chi connectivity index (χ2n) is 16.8. The lowest BCUT2D eigenvalue weighted by atomic mass is 9.65. The summed E-state index contributed by atoms with van der Waals surface area (Å²) >= 11 is 0. The minimum atomic E-state index is -1.13. The van der Waals surface area contributed by atoms with Gasteiger partial charge in [0.15, 0.2) is 6.61 Å². The van der Waals surface area contributed by atoms with Crippen LogP contribution < -0.4 is 20.7 Å². The smallest absolute Gasteiger partial charge is 0.407 e. The van der Waals surface area contributed by atoms with Crippen molar-refractivity contribution in [3.63, 3.8) is 0 Å². The SMILES string of the molecule is C[C@H]1C=C2C=C[C@H](C)[C@H](CC[C@@H]3C[C@@H](O)CC(=O)O3)[C@H]2[C@@H](OC(=O)NCCNC(=O)C2CCN(C(=O)COc3cccc4c3C(=O)N(C3CCC(=O)NC3=O)C4=O)CC2)C1. The van der Waals surface area contributed by atoms with Crippen LogP contribution in [0.3, 0.4) is 0 Å². The molecule has 1 aromatic rings. The number of amides is 7. The van der Waals surface area contributed by atoms with Gasteiger partial charge in [-0.05, 0) is 74.0 Å². The van der Waals surface area contributed by atoms with E-state index in [-0.39, 0.29) is 109 Å². The Morgan fingerprint density at radius 3 is 2.48 bits per heavy atom. The molecular weight excluding hydrogens is 778 g/mol. The van der Waals surface area contributed by atoms with Gasteiger partial charge in [-0.1, -0.05) is 38.1 Å². The number of likely N-dealkylation sites (tertiary alicyclic amines) is 1. The van der Waals surface area contributed by atoms with E-state index in [9.17, 15) is 43.5 Å². The van der Waals surface area contributed by atoms with Gasteiger partial charge in [-0.2, -0.15) is 0 Å². The first kappa shape index (κ1) is 42.5. The third-order valence-electron chi connectivity index (χ3n) is 12.6. The summed E-state index contributed by atoms with van der Waals surface area (Å²) in [5.74, 6) is -3.29. The molecule has 60 heavy (non-hydrogen) atoms. The maximum atomic E-state index is 13.3. The Morgan fingerprint density at radius 1 is 0.967 bits per heavy atom. The van der Waals surface area contributed by atoms with Crippen LogP contribution in [0.15, 0.2) is 42.0 Å². The fourth-order valence-electron chi connectivity index (χ4n) is 9.54. The van der Waals surface area contributed by atoms with E-state index in [0.29, 0.717) is 45.2 Å². The molecule has 0 spiro atoms. The van der Waals surface area contributed by atoms with Crippen LogP contribution in [0.25, 0.3) is 0 Å². The lowest BCUT2D eigenvalue weighted by Crippen LogP contribution is -2.54.